The number of carboxylic acid groups (broad SMARTS) is 1. The average molecular weight is 466 g/mol. The normalized spacial score (nSPS) is 14.0. The van der Waals surface area contributed by atoms with Gasteiger partial charge in [0.05, 0.1) is 12.5 Å². The summed E-state index contributed by atoms with van der Waals surface area (Å²) in [6.45, 7) is 1.83. The van der Waals surface area contributed by atoms with Crippen molar-refractivity contribution in [3.05, 3.63) is 76.8 Å². The minimum absolute atomic E-state index is 0.0680. The number of ether oxygens (including phenoxy) is 1. The largest absolute Gasteiger partial charge is 0.481 e. The van der Waals surface area contributed by atoms with Crippen LogP contribution < -0.4 is 10.6 Å². The van der Waals surface area contributed by atoms with Gasteiger partial charge < -0.3 is 20.5 Å². The summed E-state index contributed by atoms with van der Waals surface area (Å²) in [5.74, 6) is -1.95. The van der Waals surface area contributed by atoms with E-state index in [1.807, 2.05) is 48.5 Å². The Morgan fingerprint density at radius 2 is 1.67 bits per heavy atom. The first-order valence-electron chi connectivity index (χ1n) is 10.5. The molecule has 1 aliphatic carbocycles. The molecule has 0 saturated heterocycles. The first kappa shape index (κ1) is 22.5. The van der Waals surface area contributed by atoms with Gasteiger partial charge in [-0.1, -0.05) is 48.5 Å². The molecule has 4 rings (SSSR count). The zero-order valence-electron chi connectivity index (χ0n) is 17.9. The highest BCUT2D eigenvalue weighted by Crippen LogP contribution is 2.44. The van der Waals surface area contributed by atoms with Crippen LogP contribution in [0.3, 0.4) is 0 Å². The van der Waals surface area contributed by atoms with Crippen LogP contribution in [0.1, 0.15) is 41.3 Å². The van der Waals surface area contributed by atoms with Gasteiger partial charge in [0.1, 0.15) is 12.6 Å². The van der Waals surface area contributed by atoms with Crippen LogP contribution >= 0.6 is 11.5 Å². The number of aliphatic carboxylic acids is 1. The number of amides is 2. The Bertz CT molecular complexity index is 1120. The Morgan fingerprint density at radius 3 is 2.24 bits per heavy atom. The van der Waals surface area contributed by atoms with E-state index in [1.165, 1.54) is 11.5 Å². The molecule has 33 heavy (non-hydrogen) atoms. The molecule has 0 radical (unpaired) electrons. The summed E-state index contributed by atoms with van der Waals surface area (Å²) >= 11 is 1.23. The molecular formula is C24H23N3O5S. The molecule has 170 valence electrons. The summed E-state index contributed by atoms with van der Waals surface area (Å²) < 4.78 is 9.44. The molecule has 0 spiro atoms. The predicted octanol–water partition coefficient (Wildman–Crippen LogP) is 3.70. The summed E-state index contributed by atoms with van der Waals surface area (Å²) in [7, 11) is 0. The van der Waals surface area contributed by atoms with Crippen molar-refractivity contribution < 1.29 is 24.2 Å². The van der Waals surface area contributed by atoms with Gasteiger partial charge >= 0.3 is 12.1 Å². The summed E-state index contributed by atoms with van der Waals surface area (Å²) in [5.41, 5.74) is 4.32. The third kappa shape index (κ3) is 5.04. The minimum atomic E-state index is -1.27. The lowest BCUT2D eigenvalue weighted by atomic mass is 9.98. The molecule has 9 heteroatoms. The highest BCUT2D eigenvalue weighted by molar-refractivity contribution is 7.05. The van der Waals surface area contributed by atoms with E-state index < -0.39 is 30.4 Å². The maximum Gasteiger partial charge on any atom is 0.407 e. The molecule has 2 amide bonds. The van der Waals surface area contributed by atoms with Crippen LogP contribution in [-0.2, 0) is 14.3 Å². The van der Waals surface area contributed by atoms with Gasteiger partial charge in [-0.3, -0.25) is 9.59 Å². The van der Waals surface area contributed by atoms with Crippen molar-refractivity contribution in [2.24, 2.45) is 0 Å². The van der Waals surface area contributed by atoms with Gasteiger partial charge in [-0.25, -0.2) is 9.17 Å². The van der Waals surface area contributed by atoms with Crippen LogP contribution in [-0.4, -0.2) is 40.1 Å². The molecule has 2 aromatic carbocycles. The Hall–Kier alpha value is -3.72. The number of aromatic nitrogens is 1. The van der Waals surface area contributed by atoms with Gasteiger partial charge in [0.2, 0.25) is 5.91 Å². The smallest absolute Gasteiger partial charge is 0.407 e. The Morgan fingerprint density at radius 1 is 1.03 bits per heavy atom. The van der Waals surface area contributed by atoms with Crippen molar-refractivity contribution in [2.75, 3.05) is 6.61 Å². The third-order valence-electron chi connectivity index (χ3n) is 5.57. The van der Waals surface area contributed by atoms with Crippen LogP contribution in [0.4, 0.5) is 4.79 Å². The second-order valence-electron chi connectivity index (χ2n) is 7.77. The zero-order chi connectivity index (χ0) is 23.4. The average Bonchev–Trinajstić information content (AvgIpc) is 3.44. The quantitative estimate of drug-likeness (QED) is 0.467. The highest BCUT2D eigenvalue weighted by Gasteiger charge is 2.30. The van der Waals surface area contributed by atoms with Crippen molar-refractivity contribution in [2.45, 2.75) is 31.3 Å². The molecule has 0 aliphatic heterocycles. The molecule has 1 heterocycles. The fourth-order valence-corrected chi connectivity index (χ4v) is 4.58. The van der Waals surface area contributed by atoms with Gasteiger partial charge in [-0.15, -0.1) is 0 Å². The summed E-state index contributed by atoms with van der Waals surface area (Å²) in [5, 5.41) is 14.3. The molecule has 0 saturated carbocycles. The van der Waals surface area contributed by atoms with Crippen LogP contribution in [0, 0.1) is 0 Å². The molecule has 2 unspecified atom stereocenters. The minimum Gasteiger partial charge on any atom is -0.481 e. The number of nitrogens with one attached hydrogen (secondary N) is 2. The van der Waals surface area contributed by atoms with Crippen molar-refractivity contribution in [3.63, 3.8) is 0 Å². The monoisotopic (exact) mass is 465 g/mol. The van der Waals surface area contributed by atoms with Crippen LogP contribution in [0.15, 0.2) is 60.8 Å². The van der Waals surface area contributed by atoms with Crippen molar-refractivity contribution in [3.8, 4) is 11.1 Å². The number of carbonyl (C=O) groups is 3. The number of carboxylic acids is 1. The number of hydrogen-bond acceptors (Lipinski definition) is 6. The van der Waals surface area contributed by atoms with E-state index in [9.17, 15) is 19.5 Å². The molecule has 0 fully saturated rings. The number of nitrogens with zero attached hydrogens (tertiary/aromatic N) is 1. The van der Waals surface area contributed by atoms with E-state index in [0.717, 1.165) is 27.1 Å². The zero-order valence-corrected chi connectivity index (χ0v) is 18.7. The van der Waals surface area contributed by atoms with E-state index in [0.29, 0.717) is 0 Å². The molecule has 2 atom stereocenters. The number of carbonyl (C=O) groups excluding carboxylic acids is 2. The number of hydrogen-bond donors (Lipinski definition) is 3. The Balaban J connectivity index is 1.41. The fraction of sp³-hybridized carbons (Fsp3) is 0.250. The van der Waals surface area contributed by atoms with Crippen LogP contribution in [0.5, 0.6) is 0 Å². The second kappa shape index (κ2) is 9.83. The highest BCUT2D eigenvalue weighted by atomic mass is 32.1. The van der Waals surface area contributed by atoms with E-state index in [4.69, 9.17) is 4.74 Å². The Labute approximate surface area is 194 Å². The topological polar surface area (TPSA) is 118 Å². The van der Waals surface area contributed by atoms with E-state index in [-0.39, 0.29) is 18.6 Å². The molecule has 1 aliphatic rings. The van der Waals surface area contributed by atoms with E-state index in [1.54, 1.807) is 19.2 Å². The summed E-state index contributed by atoms with van der Waals surface area (Å²) in [4.78, 5) is 37.3. The Kier molecular flexibility index (Phi) is 6.69. The number of benzene rings is 2. The summed E-state index contributed by atoms with van der Waals surface area (Å²) in [6.07, 6.45) is 0.210. The van der Waals surface area contributed by atoms with Crippen molar-refractivity contribution in [1.82, 2.24) is 15.0 Å². The molecule has 1 aromatic heterocycles. The van der Waals surface area contributed by atoms with Crippen molar-refractivity contribution in [1.29, 1.82) is 0 Å². The SMILES string of the molecule is CC(NC(=O)C(CC(=O)O)NC(=O)OCC1c2ccccc2-c2ccccc21)c1ccns1. The first-order chi connectivity index (χ1) is 15.9. The molecular weight excluding hydrogens is 442 g/mol. The first-order valence-corrected chi connectivity index (χ1v) is 11.3. The van der Waals surface area contributed by atoms with E-state index in [2.05, 4.69) is 15.0 Å². The lowest BCUT2D eigenvalue weighted by Crippen LogP contribution is -2.48. The van der Waals surface area contributed by atoms with Gasteiger partial charge in [-0.05, 0) is 46.8 Å². The molecule has 8 nitrogen and oxygen atoms in total. The molecule has 0 bridgehead atoms. The number of rotatable bonds is 8. The van der Waals surface area contributed by atoms with Crippen LogP contribution in [0.25, 0.3) is 11.1 Å². The lowest BCUT2D eigenvalue weighted by molar-refractivity contribution is -0.140. The van der Waals surface area contributed by atoms with Gasteiger partial charge in [0.15, 0.2) is 0 Å². The van der Waals surface area contributed by atoms with Gasteiger partial charge in [0, 0.05) is 17.0 Å². The second-order valence-corrected chi connectivity index (χ2v) is 8.63. The predicted molar refractivity (Wildman–Crippen MR) is 123 cm³/mol. The maximum absolute atomic E-state index is 12.6. The third-order valence-corrected chi connectivity index (χ3v) is 6.50. The number of alkyl carbamates (subject to hydrolysis) is 1. The number of fused-ring (bicyclic) bond motifs is 3. The maximum atomic E-state index is 12.6. The standard InChI is InChI=1S/C24H23N3O5S/c1-14(21-10-11-25-33-21)26-23(30)20(12-22(28)29)27-24(31)32-13-19-17-8-4-2-6-15(17)16-7-3-5-9-18(16)19/h2-11,14,19-20H,12-13H2,1H3,(H,26,30)(H,27,31)(H,28,29). The van der Waals surface area contributed by atoms with E-state index >= 15 is 0 Å². The lowest BCUT2D eigenvalue weighted by Gasteiger charge is -2.20. The van der Waals surface area contributed by atoms with Crippen LogP contribution in [0.2, 0.25) is 0 Å². The van der Waals surface area contributed by atoms with Gasteiger partial charge in [0.25, 0.3) is 0 Å². The molecule has 3 aromatic rings. The molecule has 3 N–H and O–H groups in total. The van der Waals surface area contributed by atoms with Crippen molar-refractivity contribution >= 4 is 29.5 Å². The summed E-state index contributed by atoms with van der Waals surface area (Å²) in [6, 6.07) is 16.0. The fourth-order valence-electron chi connectivity index (χ4n) is 4.00. The van der Waals surface area contributed by atoms with Gasteiger partial charge in [-0.2, -0.15) is 0 Å².